The number of anilines is 1. The number of nitrogens with two attached hydrogens (primary N) is 2. The van der Waals surface area contributed by atoms with Gasteiger partial charge in [0, 0.05) is 5.56 Å². The predicted octanol–water partition coefficient (Wildman–Crippen LogP) is 0.491. The van der Waals surface area contributed by atoms with E-state index in [1.807, 2.05) is 6.92 Å². The highest BCUT2D eigenvalue weighted by Gasteiger charge is 2.37. The first-order valence-electron chi connectivity index (χ1n) is 4.59. The summed E-state index contributed by atoms with van der Waals surface area (Å²) in [5.41, 5.74) is 11.5. The van der Waals surface area contributed by atoms with E-state index >= 15 is 0 Å². The number of primary amides is 1. The van der Waals surface area contributed by atoms with E-state index in [0.717, 1.165) is 0 Å². The molecule has 0 bridgehead atoms. The molecule has 5 nitrogen and oxygen atoms in total. The molecule has 1 amide bonds. The molecule has 15 heavy (non-hydrogen) atoms. The summed E-state index contributed by atoms with van der Waals surface area (Å²) in [6.07, 6.45) is -0.132. The van der Waals surface area contributed by atoms with Gasteiger partial charge in [-0.25, -0.2) is 0 Å². The second kappa shape index (κ2) is 3.43. The van der Waals surface area contributed by atoms with Crippen LogP contribution in [0.4, 0.5) is 5.69 Å². The maximum atomic E-state index is 10.9. The Morgan fingerprint density at radius 2 is 2.20 bits per heavy atom. The molecule has 1 aromatic carbocycles. The van der Waals surface area contributed by atoms with Gasteiger partial charge in [0.2, 0.25) is 12.2 Å². The van der Waals surface area contributed by atoms with E-state index in [1.54, 1.807) is 12.1 Å². The quantitative estimate of drug-likeness (QED) is 0.558. The molecule has 2 rings (SSSR count). The number of ether oxygens (including phenoxy) is 2. The highest BCUT2D eigenvalue weighted by molar-refractivity contribution is 5.94. The second-order valence-corrected chi connectivity index (χ2v) is 3.44. The lowest BCUT2D eigenvalue weighted by atomic mass is 10.2. The molecule has 2 unspecified atom stereocenters. The Hall–Kier alpha value is -1.75. The Labute approximate surface area is 87.0 Å². The van der Waals surface area contributed by atoms with Crippen molar-refractivity contribution in [3.8, 4) is 5.75 Å². The average Bonchev–Trinajstić information content (AvgIpc) is 2.85. The fourth-order valence-corrected chi connectivity index (χ4v) is 1.22. The van der Waals surface area contributed by atoms with Crippen LogP contribution in [0.1, 0.15) is 17.3 Å². The van der Waals surface area contributed by atoms with Gasteiger partial charge < -0.3 is 20.9 Å². The van der Waals surface area contributed by atoms with Crippen molar-refractivity contribution in [2.45, 2.75) is 19.3 Å². The smallest absolute Gasteiger partial charge is 0.248 e. The first-order chi connectivity index (χ1) is 7.08. The number of carbonyl (C=O) groups is 1. The number of rotatable bonds is 3. The molecule has 2 atom stereocenters. The molecular weight excluding hydrogens is 196 g/mol. The Bertz CT molecular complexity index is 406. The molecule has 0 spiro atoms. The highest BCUT2D eigenvalue weighted by Crippen LogP contribution is 2.29. The molecule has 0 aromatic heterocycles. The van der Waals surface area contributed by atoms with Gasteiger partial charge in [0.15, 0.2) is 0 Å². The van der Waals surface area contributed by atoms with Crippen LogP contribution in [-0.2, 0) is 4.74 Å². The van der Waals surface area contributed by atoms with Crippen LogP contribution in [0.2, 0.25) is 0 Å². The third kappa shape index (κ3) is 2.02. The van der Waals surface area contributed by atoms with Crippen molar-refractivity contribution < 1.29 is 14.3 Å². The molecule has 1 heterocycles. The summed E-state index contributed by atoms with van der Waals surface area (Å²) in [7, 11) is 0. The van der Waals surface area contributed by atoms with Gasteiger partial charge in [-0.15, -0.1) is 0 Å². The minimum atomic E-state index is -0.510. The zero-order chi connectivity index (χ0) is 11.0. The van der Waals surface area contributed by atoms with Crippen molar-refractivity contribution >= 4 is 11.6 Å². The molecule has 4 N–H and O–H groups in total. The van der Waals surface area contributed by atoms with Gasteiger partial charge >= 0.3 is 0 Å². The average molecular weight is 208 g/mol. The van der Waals surface area contributed by atoms with Crippen LogP contribution in [0.15, 0.2) is 18.2 Å². The van der Waals surface area contributed by atoms with Gasteiger partial charge in [0.25, 0.3) is 0 Å². The van der Waals surface area contributed by atoms with E-state index in [4.69, 9.17) is 20.9 Å². The second-order valence-electron chi connectivity index (χ2n) is 3.44. The topological polar surface area (TPSA) is 90.9 Å². The summed E-state index contributed by atoms with van der Waals surface area (Å²) in [4.78, 5) is 10.9. The largest absolute Gasteiger partial charge is 0.460 e. The molecular formula is C10H12N2O3. The van der Waals surface area contributed by atoms with Crippen LogP contribution in [0.5, 0.6) is 5.75 Å². The lowest BCUT2D eigenvalue weighted by molar-refractivity contribution is 0.100. The number of carbonyl (C=O) groups excluding carboxylic acids is 1. The van der Waals surface area contributed by atoms with Crippen LogP contribution < -0.4 is 16.2 Å². The third-order valence-corrected chi connectivity index (χ3v) is 2.19. The van der Waals surface area contributed by atoms with Crippen molar-refractivity contribution in [3.05, 3.63) is 23.8 Å². The van der Waals surface area contributed by atoms with Crippen molar-refractivity contribution in [3.63, 3.8) is 0 Å². The van der Waals surface area contributed by atoms with Crippen molar-refractivity contribution in [1.29, 1.82) is 0 Å². The van der Waals surface area contributed by atoms with E-state index in [2.05, 4.69) is 0 Å². The minimum Gasteiger partial charge on any atom is -0.460 e. The first kappa shape index (κ1) is 9.79. The van der Waals surface area contributed by atoms with E-state index in [0.29, 0.717) is 17.0 Å². The highest BCUT2D eigenvalue weighted by atomic mass is 16.8. The molecule has 0 saturated carbocycles. The maximum absolute atomic E-state index is 10.9. The Kier molecular flexibility index (Phi) is 2.24. The molecule has 80 valence electrons. The number of epoxide rings is 1. The maximum Gasteiger partial charge on any atom is 0.248 e. The number of amides is 1. The standard InChI is InChI=1S/C10H12N2O3/c1-5-10(14-5)15-8-3-2-6(9(12)13)4-7(8)11/h2-5,10H,11H2,1H3,(H2,12,13). The van der Waals surface area contributed by atoms with Gasteiger partial charge in [-0.3, -0.25) is 4.79 Å². The summed E-state index contributed by atoms with van der Waals surface area (Å²) < 4.78 is 10.5. The monoisotopic (exact) mass is 208 g/mol. The molecule has 1 fully saturated rings. The van der Waals surface area contributed by atoms with Crippen molar-refractivity contribution in [2.75, 3.05) is 5.73 Å². The van der Waals surface area contributed by atoms with Gasteiger partial charge in [-0.05, 0) is 25.1 Å². The molecule has 0 radical (unpaired) electrons. The Morgan fingerprint density at radius 3 is 2.67 bits per heavy atom. The normalized spacial score (nSPS) is 23.5. The Balaban J connectivity index is 2.15. The zero-order valence-corrected chi connectivity index (χ0v) is 8.27. The first-order valence-corrected chi connectivity index (χ1v) is 4.59. The zero-order valence-electron chi connectivity index (χ0n) is 8.27. The lowest BCUT2D eigenvalue weighted by Gasteiger charge is -2.06. The summed E-state index contributed by atoms with van der Waals surface area (Å²) in [6, 6.07) is 4.68. The molecule has 1 aromatic rings. The predicted molar refractivity (Wildman–Crippen MR) is 54.3 cm³/mol. The summed E-state index contributed by atoms with van der Waals surface area (Å²) in [6.45, 7) is 1.90. The van der Waals surface area contributed by atoms with Crippen LogP contribution in [0, 0.1) is 0 Å². The van der Waals surface area contributed by atoms with Crippen LogP contribution in [-0.4, -0.2) is 18.3 Å². The molecule has 5 heteroatoms. The van der Waals surface area contributed by atoms with Crippen molar-refractivity contribution in [2.24, 2.45) is 5.73 Å². The van der Waals surface area contributed by atoms with Crippen LogP contribution in [0.25, 0.3) is 0 Å². The lowest BCUT2D eigenvalue weighted by Crippen LogP contribution is -2.12. The summed E-state index contributed by atoms with van der Waals surface area (Å²) in [5, 5.41) is 0. The summed E-state index contributed by atoms with van der Waals surface area (Å²) >= 11 is 0. The van der Waals surface area contributed by atoms with E-state index in [9.17, 15) is 4.79 Å². The van der Waals surface area contributed by atoms with E-state index < -0.39 is 5.91 Å². The van der Waals surface area contributed by atoms with Gasteiger partial charge in [0.05, 0.1) is 5.69 Å². The van der Waals surface area contributed by atoms with Gasteiger partial charge in [-0.1, -0.05) is 0 Å². The molecule has 1 aliphatic rings. The number of hydrogen-bond acceptors (Lipinski definition) is 4. The molecule has 1 saturated heterocycles. The molecule has 1 aliphatic heterocycles. The minimum absolute atomic E-state index is 0.0974. The van der Waals surface area contributed by atoms with E-state index in [-0.39, 0.29) is 12.4 Å². The number of benzene rings is 1. The van der Waals surface area contributed by atoms with Gasteiger partial charge in [-0.2, -0.15) is 0 Å². The van der Waals surface area contributed by atoms with E-state index in [1.165, 1.54) is 6.07 Å². The fraction of sp³-hybridized carbons (Fsp3) is 0.300. The van der Waals surface area contributed by atoms with Crippen LogP contribution >= 0.6 is 0 Å². The fourth-order valence-electron chi connectivity index (χ4n) is 1.22. The number of nitrogen functional groups attached to an aromatic ring is 1. The van der Waals surface area contributed by atoms with Crippen LogP contribution in [0.3, 0.4) is 0 Å². The number of hydrogen-bond donors (Lipinski definition) is 2. The van der Waals surface area contributed by atoms with Gasteiger partial charge in [0.1, 0.15) is 11.9 Å². The summed E-state index contributed by atoms with van der Waals surface area (Å²) in [5.74, 6) is -0.00126. The van der Waals surface area contributed by atoms with Crippen molar-refractivity contribution in [1.82, 2.24) is 0 Å². The Morgan fingerprint density at radius 1 is 1.53 bits per heavy atom. The molecule has 0 aliphatic carbocycles. The SMILES string of the molecule is CC1OC1Oc1ccc(C(N)=O)cc1N. The third-order valence-electron chi connectivity index (χ3n) is 2.19.